The first-order valence-corrected chi connectivity index (χ1v) is 6.00. The van der Waals surface area contributed by atoms with Crippen LogP contribution in [0, 0.1) is 5.41 Å². The minimum absolute atomic E-state index is 0.158. The summed E-state index contributed by atoms with van der Waals surface area (Å²) in [6.07, 6.45) is 1.78. The van der Waals surface area contributed by atoms with Crippen molar-refractivity contribution in [3.8, 4) is 0 Å². The molecule has 0 atom stereocenters. The maximum absolute atomic E-state index is 8.86. The molecule has 0 aromatic heterocycles. The Morgan fingerprint density at radius 2 is 1.94 bits per heavy atom. The Labute approximate surface area is 99.3 Å². The third-order valence-electron chi connectivity index (χ3n) is 2.45. The van der Waals surface area contributed by atoms with E-state index in [1.54, 1.807) is 7.11 Å². The highest BCUT2D eigenvalue weighted by atomic mass is 16.5. The van der Waals surface area contributed by atoms with Gasteiger partial charge in [-0.3, -0.25) is 0 Å². The van der Waals surface area contributed by atoms with Crippen LogP contribution in [0.15, 0.2) is 0 Å². The van der Waals surface area contributed by atoms with Crippen molar-refractivity contribution < 1.29 is 14.6 Å². The second-order valence-corrected chi connectivity index (χ2v) is 4.77. The predicted octanol–water partition coefficient (Wildman–Crippen LogP) is 1.04. The summed E-state index contributed by atoms with van der Waals surface area (Å²) in [5, 5.41) is 12.2. The zero-order valence-electron chi connectivity index (χ0n) is 10.9. The van der Waals surface area contributed by atoms with E-state index in [1.165, 1.54) is 0 Å². The van der Waals surface area contributed by atoms with Crippen LogP contribution >= 0.6 is 0 Å². The van der Waals surface area contributed by atoms with E-state index in [9.17, 15) is 0 Å². The average molecular weight is 233 g/mol. The topological polar surface area (TPSA) is 50.7 Å². The molecule has 98 valence electrons. The van der Waals surface area contributed by atoms with Gasteiger partial charge < -0.3 is 19.9 Å². The minimum atomic E-state index is 0.158. The van der Waals surface area contributed by atoms with Gasteiger partial charge in [-0.2, -0.15) is 0 Å². The number of hydrogen-bond acceptors (Lipinski definition) is 4. The van der Waals surface area contributed by atoms with Crippen LogP contribution in [0.3, 0.4) is 0 Å². The first-order valence-electron chi connectivity index (χ1n) is 6.00. The molecule has 0 saturated carbocycles. The largest absolute Gasteiger partial charge is 0.396 e. The first-order chi connectivity index (χ1) is 7.62. The Bertz CT molecular complexity index is 151. The molecule has 0 bridgehead atoms. The molecule has 0 fully saturated rings. The normalized spacial score (nSPS) is 12.0. The molecule has 0 amide bonds. The van der Waals surface area contributed by atoms with Gasteiger partial charge in [0.25, 0.3) is 0 Å². The van der Waals surface area contributed by atoms with Crippen LogP contribution in [0.25, 0.3) is 0 Å². The molecular weight excluding hydrogens is 206 g/mol. The molecule has 2 N–H and O–H groups in total. The highest BCUT2D eigenvalue weighted by Crippen LogP contribution is 2.17. The lowest BCUT2D eigenvalue weighted by atomic mass is 9.90. The number of methoxy groups -OCH3 is 1. The van der Waals surface area contributed by atoms with E-state index >= 15 is 0 Å². The summed E-state index contributed by atoms with van der Waals surface area (Å²) in [6.45, 7) is 8.58. The van der Waals surface area contributed by atoms with E-state index in [1.807, 2.05) is 0 Å². The number of nitrogens with one attached hydrogen (secondary N) is 1. The van der Waals surface area contributed by atoms with Gasteiger partial charge in [-0.1, -0.05) is 13.8 Å². The van der Waals surface area contributed by atoms with Crippen LogP contribution in [0.2, 0.25) is 0 Å². The Kier molecular flexibility index (Phi) is 9.92. The van der Waals surface area contributed by atoms with Crippen LogP contribution in [-0.2, 0) is 9.47 Å². The second-order valence-electron chi connectivity index (χ2n) is 4.77. The fourth-order valence-corrected chi connectivity index (χ4v) is 1.37. The number of aliphatic hydroxyl groups is 1. The van der Waals surface area contributed by atoms with Crippen LogP contribution in [0.5, 0.6) is 0 Å². The molecule has 0 unspecified atom stereocenters. The van der Waals surface area contributed by atoms with Gasteiger partial charge >= 0.3 is 0 Å². The van der Waals surface area contributed by atoms with Gasteiger partial charge in [-0.25, -0.2) is 0 Å². The zero-order valence-corrected chi connectivity index (χ0v) is 10.9. The van der Waals surface area contributed by atoms with Gasteiger partial charge in [0.05, 0.1) is 6.61 Å². The van der Waals surface area contributed by atoms with E-state index in [0.717, 1.165) is 45.8 Å². The van der Waals surface area contributed by atoms with E-state index < -0.39 is 0 Å². The number of aliphatic hydroxyl groups excluding tert-OH is 1. The van der Waals surface area contributed by atoms with Crippen molar-refractivity contribution >= 4 is 0 Å². The molecule has 0 spiro atoms. The van der Waals surface area contributed by atoms with E-state index in [0.29, 0.717) is 0 Å². The van der Waals surface area contributed by atoms with E-state index in [2.05, 4.69) is 19.2 Å². The van der Waals surface area contributed by atoms with E-state index in [4.69, 9.17) is 14.6 Å². The monoisotopic (exact) mass is 233 g/mol. The predicted molar refractivity (Wildman–Crippen MR) is 65.7 cm³/mol. The molecule has 0 aliphatic carbocycles. The van der Waals surface area contributed by atoms with Crippen LogP contribution in [0.1, 0.15) is 26.7 Å². The van der Waals surface area contributed by atoms with Gasteiger partial charge in [0.1, 0.15) is 0 Å². The minimum Gasteiger partial charge on any atom is -0.396 e. The van der Waals surface area contributed by atoms with Crippen molar-refractivity contribution in [2.75, 3.05) is 46.6 Å². The van der Waals surface area contributed by atoms with Crippen molar-refractivity contribution in [3.05, 3.63) is 0 Å². The van der Waals surface area contributed by atoms with Gasteiger partial charge in [-0.05, 0) is 18.3 Å². The summed E-state index contributed by atoms with van der Waals surface area (Å²) >= 11 is 0. The number of ether oxygens (including phenoxy) is 2. The van der Waals surface area contributed by atoms with Crippen molar-refractivity contribution in [3.63, 3.8) is 0 Å². The summed E-state index contributed by atoms with van der Waals surface area (Å²) < 4.78 is 10.3. The zero-order chi connectivity index (χ0) is 12.3. The second kappa shape index (κ2) is 10.0. The van der Waals surface area contributed by atoms with E-state index in [-0.39, 0.29) is 12.0 Å². The summed E-state index contributed by atoms with van der Waals surface area (Å²) in [6, 6.07) is 0. The third kappa shape index (κ3) is 10.4. The lowest BCUT2D eigenvalue weighted by Crippen LogP contribution is -2.32. The lowest BCUT2D eigenvalue weighted by Gasteiger charge is -2.23. The lowest BCUT2D eigenvalue weighted by molar-refractivity contribution is 0.102. The smallest absolute Gasteiger partial charge is 0.0590 e. The van der Waals surface area contributed by atoms with Crippen LogP contribution in [0.4, 0.5) is 0 Å². The third-order valence-corrected chi connectivity index (χ3v) is 2.45. The molecule has 0 heterocycles. The number of rotatable bonds is 11. The summed E-state index contributed by atoms with van der Waals surface area (Å²) in [5.74, 6) is 0. The van der Waals surface area contributed by atoms with Gasteiger partial charge in [-0.15, -0.1) is 0 Å². The fourth-order valence-electron chi connectivity index (χ4n) is 1.37. The molecule has 0 aliphatic heterocycles. The average Bonchev–Trinajstić information content (AvgIpc) is 2.22. The molecule has 0 rings (SSSR count). The molecule has 16 heavy (non-hydrogen) atoms. The van der Waals surface area contributed by atoms with Gasteiger partial charge in [0, 0.05) is 40.0 Å². The van der Waals surface area contributed by atoms with Crippen molar-refractivity contribution in [1.29, 1.82) is 0 Å². The molecule has 4 heteroatoms. The maximum atomic E-state index is 8.86. The fraction of sp³-hybridized carbons (Fsp3) is 1.00. The standard InChI is InChI=1S/C12H27NO3/c1-12(2,5-7-14)11-13-6-10-16-9-4-8-15-3/h13-14H,4-11H2,1-3H3. The van der Waals surface area contributed by atoms with Crippen molar-refractivity contribution in [2.24, 2.45) is 5.41 Å². The summed E-state index contributed by atoms with van der Waals surface area (Å²) in [7, 11) is 1.70. The highest BCUT2D eigenvalue weighted by molar-refractivity contribution is 4.70. The molecule has 0 saturated heterocycles. The highest BCUT2D eigenvalue weighted by Gasteiger charge is 2.15. The van der Waals surface area contributed by atoms with Crippen LogP contribution < -0.4 is 5.32 Å². The Hall–Kier alpha value is -0.160. The molecule has 0 aromatic carbocycles. The summed E-state index contributed by atoms with van der Waals surface area (Å²) in [4.78, 5) is 0. The van der Waals surface area contributed by atoms with Crippen LogP contribution in [-0.4, -0.2) is 51.7 Å². The Morgan fingerprint density at radius 3 is 2.56 bits per heavy atom. The number of hydrogen-bond donors (Lipinski definition) is 2. The maximum Gasteiger partial charge on any atom is 0.0590 e. The van der Waals surface area contributed by atoms with Crippen molar-refractivity contribution in [1.82, 2.24) is 5.32 Å². The summed E-state index contributed by atoms with van der Waals surface area (Å²) in [5.41, 5.74) is 0.158. The molecule has 4 nitrogen and oxygen atoms in total. The Morgan fingerprint density at radius 1 is 1.19 bits per heavy atom. The van der Waals surface area contributed by atoms with Gasteiger partial charge in [0.2, 0.25) is 0 Å². The van der Waals surface area contributed by atoms with Gasteiger partial charge in [0.15, 0.2) is 0 Å². The quantitative estimate of drug-likeness (QED) is 0.524. The van der Waals surface area contributed by atoms with Crippen molar-refractivity contribution in [2.45, 2.75) is 26.7 Å². The molecule has 0 aromatic rings. The molecule has 0 aliphatic rings. The SMILES string of the molecule is COCCCOCCNCC(C)(C)CCO. The molecule has 0 radical (unpaired) electrons. The molecular formula is C12H27NO3. The first kappa shape index (κ1) is 15.8. The Balaban J connectivity index is 3.20.